The van der Waals surface area contributed by atoms with E-state index in [9.17, 15) is 14.7 Å². The highest BCUT2D eigenvalue weighted by Gasteiger charge is 2.28. The molecule has 8 heteroatoms. The molecule has 0 aromatic heterocycles. The molecule has 0 saturated carbocycles. The first-order valence-corrected chi connectivity index (χ1v) is 7.61. The number of carboxylic acid groups (broad SMARTS) is 1. The second kappa shape index (κ2) is 7.78. The molecule has 1 aromatic rings. The lowest BCUT2D eigenvalue weighted by Crippen LogP contribution is -3.19. The number of morpholine rings is 1. The second-order valence-corrected chi connectivity index (χ2v) is 5.86. The molecule has 1 aliphatic heterocycles. The number of benzene rings is 1. The third-order valence-corrected chi connectivity index (χ3v) is 4.07. The van der Waals surface area contributed by atoms with Gasteiger partial charge in [-0.3, -0.25) is 4.79 Å². The van der Waals surface area contributed by atoms with E-state index in [2.05, 4.69) is 5.32 Å². The number of aliphatic carboxylic acids is 1. The van der Waals surface area contributed by atoms with Gasteiger partial charge in [0.25, 0.3) is 0 Å². The summed E-state index contributed by atoms with van der Waals surface area (Å²) < 4.78 is 5.19. The molecule has 1 amide bonds. The highest BCUT2D eigenvalue weighted by molar-refractivity contribution is 6.35. The number of carbonyl (C=O) groups excluding carboxylic acids is 2. The predicted molar refractivity (Wildman–Crippen MR) is 80.0 cm³/mol. The van der Waals surface area contributed by atoms with Crippen LogP contribution < -0.4 is 15.3 Å². The van der Waals surface area contributed by atoms with Crippen LogP contribution in [0.5, 0.6) is 0 Å². The molecule has 2 N–H and O–H groups in total. The van der Waals surface area contributed by atoms with E-state index in [1.807, 2.05) is 0 Å². The summed E-state index contributed by atoms with van der Waals surface area (Å²) >= 11 is 11.8. The summed E-state index contributed by atoms with van der Waals surface area (Å²) in [6, 6.07) is 3.75. The summed E-state index contributed by atoms with van der Waals surface area (Å²) in [5.41, 5.74) is 0.355. The lowest BCUT2D eigenvalue weighted by molar-refractivity contribution is -0.925. The lowest BCUT2D eigenvalue weighted by atomic mass is 10.1. The smallest absolute Gasteiger partial charge is 0.230 e. The third kappa shape index (κ3) is 4.58. The van der Waals surface area contributed by atoms with Crippen LogP contribution in [0.4, 0.5) is 5.69 Å². The number of rotatable bonds is 5. The molecule has 0 bridgehead atoms. The number of anilines is 1. The fraction of sp³-hybridized carbons (Fsp3) is 0.429. The predicted octanol–water partition coefficient (Wildman–Crippen LogP) is -0.644. The number of carbonyl (C=O) groups is 2. The van der Waals surface area contributed by atoms with Gasteiger partial charge in [0, 0.05) is 5.02 Å². The van der Waals surface area contributed by atoms with Crippen LogP contribution in [0.1, 0.15) is 6.42 Å². The summed E-state index contributed by atoms with van der Waals surface area (Å²) in [4.78, 5) is 24.2. The van der Waals surface area contributed by atoms with Crippen molar-refractivity contribution >= 4 is 40.8 Å². The van der Waals surface area contributed by atoms with Crippen molar-refractivity contribution in [1.82, 2.24) is 0 Å². The first kappa shape index (κ1) is 17.0. The van der Waals surface area contributed by atoms with Crippen molar-refractivity contribution in [2.45, 2.75) is 12.5 Å². The van der Waals surface area contributed by atoms with E-state index in [1.165, 1.54) is 6.07 Å². The standard InChI is InChI=1S/C14H16Cl2N2O4/c15-9-1-2-10(16)11(7-9)17-13(19)8-12(14(20)21)18-3-5-22-6-4-18/h1-2,7,12H,3-6,8H2,(H,17,19)(H,20,21)/t12-/m1/s1. The Labute approximate surface area is 137 Å². The Morgan fingerprint density at radius 1 is 1.32 bits per heavy atom. The van der Waals surface area contributed by atoms with Crippen molar-refractivity contribution in [2.24, 2.45) is 0 Å². The van der Waals surface area contributed by atoms with Crippen LogP contribution >= 0.6 is 23.2 Å². The van der Waals surface area contributed by atoms with E-state index < -0.39 is 17.9 Å². The molecule has 1 aliphatic rings. The van der Waals surface area contributed by atoms with E-state index in [-0.39, 0.29) is 6.42 Å². The summed E-state index contributed by atoms with van der Waals surface area (Å²) in [6.45, 7) is 2.01. The Morgan fingerprint density at radius 3 is 2.64 bits per heavy atom. The first-order valence-electron chi connectivity index (χ1n) is 6.85. The number of hydrogen-bond donors (Lipinski definition) is 2. The molecular weight excluding hydrogens is 331 g/mol. The monoisotopic (exact) mass is 346 g/mol. The van der Waals surface area contributed by atoms with Crippen molar-refractivity contribution < 1.29 is 24.3 Å². The number of quaternary nitrogens is 1. The van der Waals surface area contributed by atoms with Gasteiger partial charge in [0.1, 0.15) is 19.1 Å². The average Bonchev–Trinajstić information content (AvgIpc) is 2.49. The van der Waals surface area contributed by atoms with Crippen molar-refractivity contribution in [3.05, 3.63) is 28.2 Å². The van der Waals surface area contributed by atoms with Crippen LogP contribution in [0.3, 0.4) is 0 Å². The van der Waals surface area contributed by atoms with Gasteiger partial charge in [0.05, 0.1) is 36.3 Å². The van der Waals surface area contributed by atoms with Crippen LogP contribution in [0, 0.1) is 0 Å². The Hall–Kier alpha value is -1.34. The minimum atomic E-state index is -1.25. The summed E-state index contributed by atoms with van der Waals surface area (Å²) in [5.74, 6) is -1.69. The highest BCUT2D eigenvalue weighted by Crippen LogP contribution is 2.25. The van der Waals surface area contributed by atoms with Gasteiger partial charge in [-0.1, -0.05) is 23.2 Å². The van der Waals surface area contributed by atoms with Gasteiger partial charge in [0.15, 0.2) is 0 Å². The molecule has 1 heterocycles. The SMILES string of the molecule is O=C(C[C@H](C(=O)[O-])[NH+]1CCOCC1)Nc1cc(Cl)ccc1Cl. The molecule has 2 rings (SSSR count). The Morgan fingerprint density at radius 2 is 2.00 bits per heavy atom. The number of amides is 1. The molecule has 0 spiro atoms. The average molecular weight is 347 g/mol. The molecule has 1 saturated heterocycles. The molecule has 120 valence electrons. The maximum Gasteiger partial charge on any atom is 0.230 e. The maximum atomic E-state index is 12.1. The molecule has 0 unspecified atom stereocenters. The van der Waals surface area contributed by atoms with Crippen molar-refractivity contribution in [3.8, 4) is 0 Å². The molecule has 1 atom stereocenters. The van der Waals surface area contributed by atoms with E-state index in [1.54, 1.807) is 12.1 Å². The molecule has 6 nitrogen and oxygen atoms in total. The molecular formula is C14H16Cl2N2O4. The number of carboxylic acids is 1. The maximum absolute atomic E-state index is 12.1. The molecule has 1 fully saturated rings. The Balaban J connectivity index is 2.01. The van der Waals surface area contributed by atoms with Gasteiger partial charge in [-0.25, -0.2) is 0 Å². The summed E-state index contributed by atoms with van der Waals surface area (Å²) in [6.07, 6.45) is -0.194. The van der Waals surface area contributed by atoms with Gasteiger partial charge < -0.3 is 24.9 Å². The zero-order valence-corrected chi connectivity index (χ0v) is 13.2. The second-order valence-electron chi connectivity index (χ2n) is 5.02. The summed E-state index contributed by atoms with van der Waals surface area (Å²) in [5, 5.41) is 14.7. The zero-order chi connectivity index (χ0) is 16.1. The topological polar surface area (TPSA) is 82.9 Å². The van der Waals surface area contributed by atoms with Crippen LogP contribution in [-0.4, -0.2) is 44.2 Å². The van der Waals surface area contributed by atoms with Gasteiger partial charge in [-0.2, -0.15) is 0 Å². The van der Waals surface area contributed by atoms with Crippen molar-refractivity contribution in [3.63, 3.8) is 0 Å². The number of ether oxygens (including phenoxy) is 1. The fourth-order valence-corrected chi connectivity index (χ4v) is 2.69. The van der Waals surface area contributed by atoms with Crippen LogP contribution in [0.25, 0.3) is 0 Å². The van der Waals surface area contributed by atoms with Crippen LogP contribution in [-0.2, 0) is 14.3 Å². The zero-order valence-electron chi connectivity index (χ0n) is 11.7. The van der Waals surface area contributed by atoms with Crippen LogP contribution in [0.15, 0.2) is 18.2 Å². The minimum absolute atomic E-state index is 0.194. The van der Waals surface area contributed by atoms with E-state index in [0.717, 1.165) is 4.90 Å². The Kier molecular flexibility index (Phi) is 6.02. The van der Waals surface area contributed by atoms with Gasteiger partial charge in [-0.05, 0) is 18.2 Å². The minimum Gasteiger partial charge on any atom is -0.544 e. The normalized spacial score (nSPS) is 17.0. The Bertz CT molecular complexity index is 562. The third-order valence-electron chi connectivity index (χ3n) is 3.50. The largest absolute Gasteiger partial charge is 0.544 e. The van der Waals surface area contributed by atoms with Crippen molar-refractivity contribution in [1.29, 1.82) is 0 Å². The number of halogens is 2. The number of hydrogen-bond acceptors (Lipinski definition) is 4. The molecule has 0 radical (unpaired) electrons. The van der Waals surface area contributed by atoms with Crippen molar-refractivity contribution in [2.75, 3.05) is 31.6 Å². The lowest BCUT2D eigenvalue weighted by Gasteiger charge is -2.31. The molecule has 1 aromatic carbocycles. The van der Waals surface area contributed by atoms with E-state index in [4.69, 9.17) is 27.9 Å². The highest BCUT2D eigenvalue weighted by atomic mass is 35.5. The van der Waals surface area contributed by atoms with Crippen LogP contribution in [0.2, 0.25) is 10.0 Å². The van der Waals surface area contributed by atoms with E-state index in [0.29, 0.717) is 42.0 Å². The van der Waals surface area contributed by atoms with E-state index >= 15 is 0 Å². The quantitative estimate of drug-likeness (QED) is 0.742. The number of nitrogens with one attached hydrogen (secondary N) is 2. The first-order chi connectivity index (χ1) is 10.5. The fourth-order valence-electron chi connectivity index (χ4n) is 2.36. The van der Waals surface area contributed by atoms with Gasteiger partial charge in [0.2, 0.25) is 5.91 Å². The van der Waals surface area contributed by atoms with Gasteiger partial charge in [-0.15, -0.1) is 0 Å². The molecule has 0 aliphatic carbocycles. The summed E-state index contributed by atoms with van der Waals surface area (Å²) in [7, 11) is 0. The molecule has 22 heavy (non-hydrogen) atoms. The van der Waals surface area contributed by atoms with Gasteiger partial charge >= 0.3 is 0 Å².